The summed E-state index contributed by atoms with van der Waals surface area (Å²) >= 11 is 5.70. The van der Waals surface area contributed by atoms with E-state index in [2.05, 4.69) is 4.74 Å². The predicted octanol–water partition coefficient (Wildman–Crippen LogP) is 0.235. The van der Waals surface area contributed by atoms with Gasteiger partial charge in [-0.1, -0.05) is 12.2 Å². The Balaban J connectivity index is 4.09. The van der Waals surface area contributed by atoms with Gasteiger partial charge in [0.1, 0.15) is 0 Å². The van der Waals surface area contributed by atoms with Gasteiger partial charge in [-0.05, 0) is 6.92 Å². The van der Waals surface area contributed by atoms with E-state index < -0.39 is 17.8 Å². The number of carbonyl (C=O) groups is 2. The van der Waals surface area contributed by atoms with Crippen molar-refractivity contribution in [3.8, 4) is 6.07 Å². The Morgan fingerprint density at radius 1 is 1.67 bits per heavy atom. The van der Waals surface area contributed by atoms with Gasteiger partial charge >= 0.3 is 5.97 Å². The second-order valence-electron chi connectivity index (χ2n) is 2.38. The minimum Gasteiger partial charge on any atom is -0.465 e. The molecule has 0 aliphatic heterocycles. The van der Waals surface area contributed by atoms with Crippen molar-refractivity contribution in [3.05, 3.63) is 0 Å². The molecule has 0 aliphatic carbocycles. The van der Waals surface area contributed by atoms with E-state index in [1.165, 1.54) is 0 Å². The smallest absolute Gasteiger partial charge is 0.316 e. The zero-order valence-corrected chi connectivity index (χ0v) is 9.69. The second-order valence-corrected chi connectivity index (χ2v) is 4.09. The first-order valence-electron chi connectivity index (χ1n) is 4.04. The molecule has 0 aromatic carbocycles. The van der Waals surface area contributed by atoms with Crippen LogP contribution in [0, 0.1) is 17.2 Å². The number of hydrogen-bond donors (Lipinski definition) is 1. The first-order valence-corrected chi connectivity index (χ1v) is 5.43. The van der Waals surface area contributed by atoms with E-state index in [0.717, 1.165) is 11.8 Å². The van der Waals surface area contributed by atoms with Crippen LogP contribution in [0.5, 0.6) is 0 Å². The van der Waals surface area contributed by atoms with Gasteiger partial charge in [0.05, 0.1) is 22.6 Å². The van der Waals surface area contributed by atoms with Crippen LogP contribution in [0.25, 0.3) is 0 Å². The molecule has 0 saturated heterocycles. The average Bonchev–Trinajstić information content (AvgIpc) is 2.15. The molecule has 0 aromatic rings. The second kappa shape index (κ2) is 7.20. The van der Waals surface area contributed by atoms with Gasteiger partial charge in [-0.25, -0.2) is 0 Å². The van der Waals surface area contributed by atoms with Crippen molar-refractivity contribution in [1.82, 2.24) is 0 Å². The monoisotopic (exact) mass is 246 g/mol. The number of carbonyl (C=O) groups excluding carboxylic acids is 2. The summed E-state index contributed by atoms with van der Waals surface area (Å²) in [5.41, 5.74) is 4.93. The van der Waals surface area contributed by atoms with Crippen molar-refractivity contribution in [1.29, 1.82) is 5.26 Å². The zero-order chi connectivity index (χ0) is 11.8. The molecule has 0 fully saturated rings. The first-order chi connectivity index (χ1) is 7.02. The van der Waals surface area contributed by atoms with Gasteiger partial charge in [-0.2, -0.15) is 5.26 Å². The van der Waals surface area contributed by atoms with Crippen LogP contribution in [0.15, 0.2) is 0 Å². The third-order valence-corrected chi connectivity index (χ3v) is 2.78. The molecule has 1 amide bonds. The number of nitrogens with two attached hydrogens (primary N) is 1. The Morgan fingerprint density at radius 3 is 2.67 bits per heavy atom. The number of hydrogen-bond acceptors (Lipinski definition) is 6. The van der Waals surface area contributed by atoms with Crippen molar-refractivity contribution in [2.75, 3.05) is 12.4 Å². The first kappa shape index (κ1) is 13.9. The predicted molar refractivity (Wildman–Crippen MR) is 60.0 cm³/mol. The van der Waals surface area contributed by atoms with Crippen molar-refractivity contribution >= 4 is 40.1 Å². The fourth-order valence-corrected chi connectivity index (χ4v) is 1.67. The molecule has 5 nitrogen and oxygen atoms in total. The Bertz CT molecular complexity index is 311. The number of rotatable bonds is 5. The van der Waals surface area contributed by atoms with Crippen LogP contribution in [0.3, 0.4) is 0 Å². The van der Waals surface area contributed by atoms with E-state index in [-0.39, 0.29) is 16.6 Å². The lowest BCUT2D eigenvalue weighted by molar-refractivity contribution is -0.139. The normalized spacial score (nSPS) is 11.2. The number of primary amides is 1. The Labute approximate surface area is 96.9 Å². The topological polar surface area (TPSA) is 93.2 Å². The summed E-state index contributed by atoms with van der Waals surface area (Å²) in [5, 5.41) is 8.57. The molecular weight excluding hydrogens is 236 g/mol. The Morgan fingerprint density at radius 2 is 2.27 bits per heavy atom. The van der Waals surface area contributed by atoms with Crippen LogP contribution in [0.2, 0.25) is 0 Å². The molecule has 0 aromatic heterocycles. The Kier molecular flexibility index (Phi) is 6.66. The highest BCUT2D eigenvalue weighted by Gasteiger charge is 2.21. The van der Waals surface area contributed by atoms with Crippen LogP contribution in [0.1, 0.15) is 6.92 Å². The van der Waals surface area contributed by atoms with Gasteiger partial charge in [0.15, 0.2) is 5.92 Å². The number of ether oxygens (including phenoxy) is 1. The third kappa shape index (κ3) is 5.34. The van der Waals surface area contributed by atoms with Gasteiger partial charge in [0.2, 0.25) is 5.91 Å². The maximum Gasteiger partial charge on any atom is 0.316 e. The minimum absolute atomic E-state index is 0.0157. The van der Waals surface area contributed by atoms with Crippen LogP contribution in [0.4, 0.5) is 0 Å². The van der Waals surface area contributed by atoms with Gasteiger partial charge in [0.25, 0.3) is 0 Å². The summed E-state index contributed by atoms with van der Waals surface area (Å²) in [6.45, 7) is 1.96. The Hall–Kier alpha value is -1.13. The van der Waals surface area contributed by atoms with Crippen LogP contribution in [-0.2, 0) is 14.3 Å². The van der Waals surface area contributed by atoms with Crippen LogP contribution < -0.4 is 5.73 Å². The van der Waals surface area contributed by atoms with E-state index in [1.807, 2.05) is 0 Å². The number of thiocarbonyl (C=S) groups is 1. The standard InChI is InChI=1S/C8H10N2O3S2/c1-2-13-6(11)4-15-8(14)5(3-9)7(10)12/h5H,2,4H2,1H3,(H2,10,12)/t5-/m1/s1. The molecular formula is C8H10N2O3S2. The lowest BCUT2D eigenvalue weighted by Gasteiger charge is -2.05. The van der Waals surface area contributed by atoms with Gasteiger partial charge < -0.3 is 10.5 Å². The van der Waals surface area contributed by atoms with E-state index in [4.69, 9.17) is 23.2 Å². The van der Waals surface area contributed by atoms with Crippen LogP contribution >= 0.6 is 24.0 Å². The largest absolute Gasteiger partial charge is 0.465 e. The molecule has 0 bridgehead atoms. The summed E-state index contributed by atoms with van der Waals surface area (Å²) in [5.74, 6) is -2.40. The SMILES string of the molecule is CCOC(=O)CSC(=S)[C@H](C#N)C(N)=O. The summed E-state index contributed by atoms with van der Waals surface area (Å²) in [6.07, 6.45) is 0. The highest BCUT2D eigenvalue weighted by molar-refractivity contribution is 8.23. The number of esters is 1. The van der Waals surface area contributed by atoms with Gasteiger partial charge in [0, 0.05) is 0 Å². The molecule has 1 atom stereocenters. The quantitative estimate of drug-likeness (QED) is 0.551. The van der Waals surface area contributed by atoms with Gasteiger partial charge in [-0.15, -0.1) is 11.8 Å². The number of thioether (sulfide) groups is 1. The summed E-state index contributed by atoms with van der Waals surface area (Å²) in [6, 6.07) is 1.67. The lowest BCUT2D eigenvalue weighted by atomic mass is 10.2. The molecule has 15 heavy (non-hydrogen) atoms. The van der Waals surface area contributed by atoms with Crippen molar-refractivity contribution < 1.29 is 14.3 Å². The van der Waals surface area contributed by atoms with Crippen molar-refractivity contribution in [2.24, 2.45) is 11.7 Å². The molecule has 0 rings (SSSR count). The summed E-state index contributed by atoms with van der Waals surface area (Å²) in [7, 11) is 0. The molecule has 0 heterocycles. The highest BCUT2D eigenvalue weighted by Crippen LogP contribution is 2.13. The molecule has 7 heteroatoms. The average molecular weight is 246 g/mol. The summed E-state index contributed by atoms with van der Waals surface area (Å²) < 4.78 is 4.74. The molecule has 0 spiro atoms. The molecule has 2 N–H and O–H groups in total. The van der Waals surface area contributed by atoms with Crippen LogP contribution in [-0.4, -0.2) is 28.4 Å². The highest BCUT2D eigenvalue weighted by atomic mass is 32.2. The fourth-order valence-electron chi connectivity index (χ4n) is 0.649. The van der Waals surface area contributed by atoms with Crippen molar-refractivity contribution in [3.63, 3.8) is 0 Å². The minimum atomic E-state index is -1.14. The van der Waals surface area contributed by atoms with E-state index in [9.17, 15) is 9.59 Å². The number of nitriles is 1. The lowest BCUT2D eigenvalue weighted by Crippen LogP contribution is -2.27. The maximum absolute atomic E-state index is 10.9. The molecule has 0 saturated carbocycles. The van der Waals surface area contributed by atoms with Gasteiger partial charge in [-0.3, -0.25) is 9.59 Å². The molecule has 0 aliphatic rings. The fraction of sp³-hybridized carbons (Fsp3) is 0.500. The number of nitrogens with zero attached hydrogens (tertiary/aromatic N) is 1. The van der Waals surface area contributed by atoms with E-state index in [0.29, 0.717) is 0 Å². The van der Waals surface area contributed by atoms with E-state index >= 15 is 0 Å². The van der Waals surface area contributed by atoms with Crippen molar-refractivity contribution in [2.45, 2.75) is 6.92 Å². The molecule has 0 radical (unpaired) electrons. The molecule has 82 valence electrons. The molecule has 0 unspecified atom stereocenters. The zero-order valence-electron chi connectivity index (χ0n) is 8.06. The van der Waals surface area contributed by atoms with E-state index in [1.54, 1.807) is 13.0 Å². The maximum atomic E-state index is 10.9. The third-order valence-electron chi connectivity index (χ3n) is 1.29. The summed E-state index contributed by atoms with van der Waals surface area (Å²) in [4.78, 5) is 21.7. The number of amides is 1.